The average Bonchev–Trinajstić information content (AvgIpc) is 3.35. The van der Waals surface area contributed by atoms with E-state index in [0.29, 0.717) is 43.0 Å². The summed E-state index contributed by atoms with van der Waals surface area (Å²) in [5, 5.41) is 5.72. The van der Waals surface area contributed by atoms with Crippen molar-refractivity contribution in [2.24, 2.45) is 5.92 Å². The topological polar surface area (TPSA) is 119 Å². The maximum atomic E-state index is 13.6. The van der Waals surface area contributed by atoms with Gasteiger partial charge in [-0.2, -0.15) is 31.4 Å². The molecule has 10 nitrogen and oxygen atoms in total. The number of halogens is 6. The smallest absolute Gasteiger partial charge is 0.419 e. The lowest BCUT2D eigenvalue weighted by Gasteiger charge is -2.36. The predicted octanol–water partition coefficient (Wildman–Crippen LogP) is 4.25. The van der Waals surface area contributed by atoms with E-state index in [4.69, 9.17) is 4.74 Å². The molecule has 3 heterocycles. The first-order chi connectivity index (χ1) is 19.2. The molecule has 0 amide bonds. The SMILES string of the molecule is CCOC(=O)C1CCCC(S(=O)(=O)N2CCC(Nc3ncc(C(F)(F)F)c(-c4cnn(CC(F)(F)F)c4)n3)CC2)C1. The maximum Gasteiger partial charge on any atom is 0.419 e. The monoisotopic (exact) mass is 612 g/mol. The van der Waals surface area contributed by atoms with E-state index < -0.39 is 51.3 Å². The summed E-state index contributed by atoms with van der Waals surface area (Å²) in [4.78, 5) is 19.8. The van der Waals surface area contributed by atoms with Crippen LogP contribution in [0.1, 0.15) is 51.0 Å². The molecule has 0 spiro atoms. The van der Waals surface area contributed by atoms with Gasteiger partial charge in [-0.25, -0.2) is 22.7 Å². The van der Waals surface area contributed by atoms with Crippen molar-refractivity contribution in [3.05, 3.63) is 24.2 Å². The lowest BCUT2D eigenvalue weighted by molar-refractivity contribution is -0.149. The first-order valence-corrected chi connectivity index (χ1v) is 14.6. The molecule has 0 aromatic carbocycles. The number of anilines is 1. The fraction of sp³-hybridized carbons (Fsp3) is 0.667. The first-order valence-electron chi connectivity index (χ1n) is 13.1. The zero-order valence-electron chi connectivity index (χ0n) is 22.1. The minimum atomic E-state index is -4.87. The number of esters is 1. The lowest BCUT2D eigenvalue weighted by Crippen LogP contribution is -2.47. The van der Waals surface area contributed by atoms with E-state index in [1.807, 2.05) is 0 Å². The number of hydrogen-bond donors (Lipinski definition) is 1. The molecule has 2 aromatic rings. The Labute approximate surface area is 232 Å². The molecule has 17 heteroatoms. The number of sulfonamides is 1. The van der Waals surface area contributed by atoms with Crippen LogP contribution in [0.15, 0.2) is 18.6 Å². The van der Waals surface area contributed by atoms with Crippen LogP contribution in [0.4, 0.5) is 32.3 Å². The van der Waals surface area contributed by atoms with Crippen LogP contribution >= 0.6 is 0 Å². The van der Waals surface area contributed by atoms with E-state index in [1.54, 1.807) is 6.92 Å². The molecule has 0 bridgehead atoms. The van der Waals surface area contributed by atoms with Crippen LogP contribution in [0.25, 0.3) is 11.3 Å². The molecule has 2 unspecified atom stereocenters. The van der Waals surface area contributed by atoms with Gasteiger partial charge in [-0.3, -0.25) is 9.48 Å². The molecule has 41 heavy (non-hydrogen) atoms. The number of hydrogen-bond acceptors (Lipinski definition) is 8. The predicted molar refractivity (Wildman–Crippen MR) is 134 cm³/mol. The quantitative estimate of drug-likeness (QED) is 0.347. The van der Waals surface area contributed by atoms with Crippen LogP contribution in [0.3, 0.4) is 0 Å². The summed E-state index contributed by atoms with van der Waals surface area (Å²) in [6.07, 6.45) is -4.80. The van der Waals surface area contributed by atoms with Crippen LogP contribution in [0.5, 0.6) is 0 Å². The van der Waals surface area contributed by atoms with E-state index in [0.717, 1.165) is 12.4 Å². The van der Waals surface area contributed by atoms with Gasteiger partial charge in [-0.1, -0.05) is 6.42 Å². The molecule has 2 atom stereocenters. The lowest BCUT2D eigenvalue weighted by atomic mass is 9.89. The average molecular weight is 613 g/mol. The third kappa shape index (κ3) is 7.67. The molecule has 4 rings (SSSR count). The number of nitrogens with zero attached hydrogens (tertiary/aromatic N) is 5. The number of nitrogens with one attached hydrogen (secondary N) is 1. The Kier molecular flexibility index (Phi) is 9.16. The van der Waals surface area contributed by atoms with E-state index in [9.17, 15) is 39.6 Å². The zero-order chi connectivity index (χ0) is 30.0. The second-order valence-electron chi connectivity index (χ2n) is 10.1. The van der Waals surface area contributed by atoms with Gasteiger partial charge in [-0.05, 0) is 39.0 Å². The van der Waals surface area contributed by atoms with Crippen molar-refractivity contribution in [2.75, 3.05) is 25.0 Å². The Balaban J connectivity index is 1.43. The summed E-state index contributed by atoms with van der Waals surface area (Å²) in [6, 6.07) is -0.363. The van der Waals surface area contributed by atoms with Crippen molar-refractivity contribution in [3.8, 4) is 11.3 Å². The molecule has 0 radical (unpaired) electrons. The Hall–Kier alpha value is -2.95. The zero-order valence-corrected chi connectivity index (χ0v) is 22.9. The highest BCUT2D eigenvalue weighted by atomic mass is 32.2. The molecule has 1 aliphatic carbocycles. The number of ether oxygens (including phenoxy) is 1. The van der Waals surface area contributed by atoms with Crippen molar-refractivity contribution in [2.45, 2.75) is 75.6 Å². The number of rotatable bonds is 8. The number of aromatic nitrogens is 4. The number of piperidine rings is 1. The summed E-state index contributed by atoms with van der Waals surface area (Å²) >= 11 is 0. The molecule has 1 saturated carbocycles. The van der Waals surface area contributed by atoms with Crippen molar-refractivity contribution < 1.29 is 44.3 Å². The molecule has 2 aliphatic rings. The fourth-order valence-corrected chi connectivity index (χ4v) is 7.25. The number of carbonyl (C=O) groups excluding carboxylic acids is 1. The van der Waals surface area contributed by atoms with E-state index in [2.05, 4.69) is 20.4 Å². The summed E-state index contributed by atoms with van der Waals surface area (Å²) in [7, 11) is -3.69. The van der Waals surface area contributed by atoms with Gasteiger partial charge in [-0.15, -0.1) is 0 Å². The first kappa shape index (κ1) is 31.0. The van der Waals surface area contributed by atoms with Gasteiger partial charge in [0, 0.05) is 37.1 Å². The van der Waals surface area contributed by atoms with Crippen molar-refractivity contribution in [3.63, 3.8) is 0 Å². The van der Waals surface area contributed by atoms with E-state index in [1.165, 1.54) is 4.31 Å². The second kappa shape index (κ2) is 12.1. The van der Waals surface area contributed by atoms with Gasteiger partial charge in [0.15, 0.2) is 0 Å². The molecular weight excluding hydrogens is 582 g/mol. The molecule has 1 aliphatic heterocycles. The van der Waals surface area contributed by atoms with Crippen LogP contribution < -0.4 is 5.32 Å². The molecule has 228 valence electrons. The van der Waals surface area contributed by atoms with Crippen molar-refractivity contribution >= 4 is 21.9 Å². The summed E-state index contributed by atoms with van der Waals surface area (Å²) < 4.78 is 112. The minimum Gasteiger partial charge on any atom is -0.466 e. The van der Waals surface area contributed by atoms with Crippen LogP contribution in [0.2, 0.25) is 0 Å². The molecule has 1 N–H and O–H groups in total. The normalized spacial score (nSPS) is 21.5. The highest BCUT2D eigenvalue weighted by Gasteiger charge is 2.40. The number of alkyl halides is 6. The standard InChI is InChI=1S/C24H30F6N6O4S/c1-2-40-21(37)15-4-3-5-18(10-15)41(38,39)36-8-6-17(7-9-36)33-22-31-12-19(24(28,29)30)20(34-22)16-11-32-35(13-16)14-23(25,26)27/h11-13,15,17-18H,2-10,14H2,1H3,(H,31,33,34). The van der Waals surface area contributed by atoms with Gasteiger partial charge in [0.25, 0.3) is 0 Å². The Morgan fingerprint density at radius 2 is 1.80 bits per heavy atom. The van der Waals surface area contributed by atoms with Crippen LogP contribution in [-0.4, -0.2) is 75.6 Å². The highest BCUT2D eigenvalue weighted by Crippen LogP contribution is 2.37. The summed E-state index contributed by atoms with van der Waals surface area (Å²) in [6.45, 7) is 0.738. The third-order valence-corrected chi connectivity index (χ3v) is 9.51. The fourth-order valence-electron chi connectivity index (χ4n) is 5.17. The molecule has 2 fully saturated rings. The maximum absolute atomic E-state index is 13.6. The van der Waals surface area contributed by atoms with Crippen molar-refractivity contribution in [1.82, 2.24) is 24.1 Å². The van der Waals surface area contributed by atoms with E-state index >= 15 is 0 Å². The van der Waals surface area contributed by atoms with E-state index in [-0.39, 0.29) is 49.6 Å². The second-order valence-corrected chi connectivity index (χ2v) is 12.3. The Morgan fingerprint density at radius 1 is 1.10 bits per heavy atom. The highest BCUT2D eigenvalue weighted by molar-refractivity contribution is 7.89. The third-order valence-electron chi connectivity index (χ3n) is 7.16. The van der Waals surface area contributed by atoms with Gasteiger partial charge < -0.3 is 10.1 Å². The minimum absolute atomic E-state index is 0.151. The van der Waals surface area contributed by atoms with Crippen molar-refractivity contribution in [1.29, 1.82) is 0 Å². The van der Waals surface area contributed by atoms with Gasteiger partial charge in [0.05, 0.1) is 29.7 Å². The molecule has 1 saturated heterocycles. The summed E-state index contributed by atoms with van der Waals surface area (Å²) in [5.41, 5.74) is -2.12. The molecular formula is C24H30F6N6O4S. The summed E-state index contributed by atoms with van der Waals surface area (Å²) in [5.74, 6) is -1.03. The van der Waals surface area contributed by atoms with Crippen LogP contribution in [0, 0.1) is 5.92 Å². The Bertz CT molecular complexity index is 1320. The Morgan fingerprint density at radius 3 is 2.44 bits per heavy atom. The van der Waals surface area contributed by atoms with Gasteiger partial charge in [0.2, 0.25) is 16.0 Å². The molecule has 2 aromatic heterocycles. The van der Waals surface area contributed by atoms with Gasteiger partial charge >= 0.3 is 18.3 Å². The van der Waals surface area contributed by atoms with Gasteiger partial charge in [0.1, 0.15) is 12.1 Å². The van der Waals surface area contributed by atoms with Crippen LogP contribution in [-0.2, 0) is 32.3 Å². The number of carbonyl (C=O) groups is 1. The largest absolute Gasteiger partial charge is 0.466 e.